The van der Waals surface area contributed by atoms with Crippen molar-refractivity contribution in [1.82, 2.24) is 4.90 Å². The molecule has 1 fully saturated rings. The average molecular weight is 458 g/mol. The highest BCUT2D eigenvalue weighted by molar-refractivity contribution is 9.10. The summed E-state index contributed by atoms with van der Waals surface area (Å²) >= 11 is 3.47. The lowest BCUT2D eigenvalue weighted by Gasteiger charge is -2.30. The molecule has 0 aliphatic carbocycles. The largest absolute Gasteiger partial charge is 0.326 e. The van der Waals surface area contributed by atoms with Crippen LogP contribution >= 0.6 is 15.9 Å². The van der Waals surface area contributed by atoms with Crippen LogP contribution in [0.4, 0.5) is 11.4 Å². The van der Waals surface area contributed by atoms with Crippen LogP contribution in [0.5, 0.6) is 0 Å². The molecule has 0 spiro atoms. The molecule has 5 nitrogen and oxygen atoms in total. The number of nitrogens with one attached hydrogen (secondary N) is 2. The predicted molar refractivity (Wildman–Crippen MR) is 121 cm³/mol. The molecule has 0 unspecified atom stereocenters. The first-order chi connectivity index (χ1) is 13.8. The zero-order valence-corrected chi connectivity index (χ0v) is 18.8. The van der Waals surface area contributed by atoms with Gasteiger partial charge in [0.05, 0.1) is 6.54 Å². The number of aryl methyl sites for hydroxylation is 3. The standard InChI is InChI=1S/C23H28BrN3O2/c1-15-4-5-19(12-16(15)2)25-22(28)14-27-10-8-18(9-11-27)23(29)26-20-6-7-21(24)17(3)13-20/h4-7,12-13,18H,8-11,14H2,1-3H3,(H,25,28)(H,26,29). The molecular formula is C23H28BrN3O2. The number of benzene rings is 2. The summed E-state index contributed by atoms with van der Waals surface area (Å²) in [7, 11) is 0. The first-order valence-electron chi connectivity index (χ1n) is 9.98. The third-order valence-corrected chi connectivity index (χ3v) is 6.43. The molecule has 2 aromatic carbocycles. The number of anilines is 2. The molecule has 29 heavy (non-hydrogen) atoms. The van der Waals surface area contributed by atoms with Crippen LogP contribution in [0.15, 0.2) is 40.9 Å². The van der Waals surface area contributed by atoms with E-state index < -0.39 is 0 Å². The van der Waals surface area contributed by atoms with Gasteiger partial charge in [-0.3, -0.25) is 14.5 Å². The highest BCUT2D eigenvalue weighted by Gasteiger charge is 2.26. The van der Waals surface area contributed by atoms with Crippen LogP contribution < -0.4 is 10.6 Å². The van der Waals surface area contributed by atoms with Crippen molar-refractivity contribution in [3.63, 3.8) is 0 Å². The molecule has 0 saturated carbocycles. The van der Waals surface area contributed by atoms with E-state index in [1.165, 1.54) is 5.56 Å². The monoisotopic (exact) mass is 457 g/mol. The normalized spacial score (nSPS) is 15.2. The second-order valence-electron chi connectivity index (χ2n) is 7.85. The Labute approximate surface area is 181 Å². The maximum absolute atomic E-state index is 12.6. The Bertz CT molecular complexity index is 905. The van der Waals surface area contributed by atoms with Gasteiger partial charge in [0.25, 0.3) is 0 Å². The van der Waals surface area contributed by atoms with Crippen LogP contribution in [0.25, 0.3) is 0 Å². The molecule has 2 N–H and O–H groups in total. The second-order valence-corrected chi connectivity index (χ2v) is 8.71. The fourth-order valence-corrected chi connectivity index (χ4v) is 3.79. The maximum Gasteiger partial charge on any atom is 0.238 e. The van der Waals surface area contributed by atoms with Crippen LogP contribution in [0, 0.1) is 26.7 Å². The number of rotatable bonds is 5. The number of halogens is 1. The van der Waals surface area contributed by atoms with Gasteiger partial charge in [0.2, 0.25) is 11.8 Å². The summed E-state index contributed by atoms with van der Waals surface area (Å²) in [5, 5.41) is 5.99. The minimum atomic E-state index is -0.0157. The van der Waals surface area contributed by atoms with Gasteiger partial charge in [-0.2, -0.15) is 0 Å². The Morgan fingerprint density at radius 2 is 1.55 bits per heavy atom. The number of carbonyl (C=O) groups is 2. The summed E-state index contributed by atoms with van der Waals surface area (Å²) in [6.07, 6.45) is 1.52. The SMILES string of the molecule is Cc1ccc(NC(=O)CN2CCC(C(=O)Nc3ccc(Br)c(C)c3)CC2)cc1C. The fourth-order valence-electron chi connectivity index (χ4n) is 3.54. The molecule has 2 amide bonds. The van der Waals surface area contributed by atoms with Gasteiger partial charge in [-0.05, 0) is 93.7 Å². The van der Waals surface area contributed by atoms with Crippen LogP contribution in [0.1, 0.15) is 29.5 Å². The number of nitrogens with zero attached hydrogens (tertiary/aromatic N) is 1. The molecule has 0 radical (unpaired) electrons. The Balaban J connectivity index is 1.45. The van der Waals surface area contributed by atoms with Crippen LogP contribution in [-0.2, 0) is 9.59 Å². The average Bonchev–Trinajstić information content (AvgIpc) is 2.68. The van der Waals surface area contributed by atoms with Gasteiger partial charge in [-0.25, -0.2) is 0 Å². The van der Waals surface area contributed by atoms with E-state index in [2.05, 4.69) is 38.4 Å². The van der Waals surface area contributed by atoms with Gasteiger partial charge < -0.3 is 10.6 Å². The van der Waals surface area contributed by atoms with Crippen LogP contribution in [-0.4, -0.2) is 36.3 Å². The first kappa shape index (κ1) is 21.5. The van der Waals surface area contributed by atoms with E-state index in [-0.39, 0.29) is 17.7 Å². The van der Waals surface area contributed by atoms with Crippen molar-refractivity contribution in [3.8, 4) is 0 Å². The molecule has 1 aliphatic heterocycles. The number of piperidine rings is 1. The smallest absolute Gasteiger partial charge is 0.238 e. The lowest BCUT2D eigenvalue weighted by molar-refractivity contribution is -0.121. The zero-order valence-electron chi connectivity index (χ0n) is 17.2. The molecule has 0 atom stereocenters. The summed E-state index contributed by atoms with van der Waals surface area (Å²) < 4.78 is 1.03. The quantitative estimate of drug-likeness (QED) is 0.685. The molecule has 1 heterocycles. The van der Waals surface area contributed by atoms with Gasteiger partial charge in [0, 0.05) is 21.8 Å². The Morgan fingerprint density at radius 1 is 0.931 bits per heavy atom. The van der Waals surface area contributed by atoms with Crippen molar-refractivity contribution >= 4 is 39.1 Å². The highest BCUT2D eigenvalue weighted by Crippen LogP contribution is 2.23. The van der Waals surface area contributed by atoms with Crippen molar-refractivity contribution in [2.75, 3.05) is 30.3 Å². The lowest BCUT2D eigenvalue weighted by Crippen LogP contribution is -2.41. The van der Waals surface area contributed by atoms with Crippen molar-refractivity contribution in [2.24, 2.45) is 5.92 Å². The Morgan fingerprint density at radius 3 is 2.21 bits per heavy atom. The fraction of sp³-hybridized carbons (Fsp3) is 0.391. The zero-order chi connectivity index (χ0) is 21.0. The number of amides is 2. The van der Waals surface area contributed by atoms with E-state index >= 15 is 0 Å². The Kier molecular flexibility index (Phi) is 7.09. The topological polar surface area (TPSA) is 61.4 Å². The molecule has 6 heteroatoms. The summed E-state index contributed by atoms with van der Waals surface area (Å²) in [5.74, 6) is 0.0328. The van der Waals surface area contributed by atoms with Crippen molar-refractivity contribution in [2.45, 2.75) is 33.6 Å². The van der Waals surface area contributed by atoms with Crippen LogP contribution in [0.2, 0.25) is 0 Å². The molecule has 3 rings (SSSR count). The first-order valence-corrected chi connectivity index (χ1v) is 10.8. The van der Waals surface area contributed by atoms with E-state index in [0.29, 0.717) is 6.54 Å². The summed E-state index contributed by atoms with van der Waals surface area (Å²) in [4.78, 5) is 27.0. The molecule has 0 bridgehead atoms. The lowest BCUT2D eigenvalue weighted by atomic mass is 9.95. The van der Waals surface area contributed by atoms with Gasteiger partial charge in [-0.15, -0.1) is 0 Å². The molecule has 0 aromatic heterocycles. The minimum Gasteiger partial charge on any atom is -0.326 e. The van der Waals surface area contributed by atoms with E-state index in [4.69, 9.17) is 0 Å². The molecule has 1 aliphatic rings. The summed E-state index contributed by atoms with van der Waals surface area (Å²) in [6.45, 7) is 7.94. The van der Waals surface area contributed by atoms with E-state index in [1.54, 1.807) is 0 Å². The van der Waals surface area contributed by atoms with Crippen molar-refractivity contribution in [1.29, 1.82) is 0 Å². The number of likely N-dealkylation sites (tertiary alicyclic amines) is 1. The van der Waals surface area contributed by atoms with Gasteiger partial charge >= 0.3 is 0 Å². The minimum absolute atomic E-state index is 0.0125. The van der Waals surface area contributed by atoms with E-state index in [1.807, 2.05) is 50.2 Å². The number of hydrogen-bond donors (Lipinski definition) is 2. The van der Waals surface area contributed by atoms with Gasteiger partial charge in [-0.1, -0.05) is 22.0 Å². The van der Waals surface area contributed by atoms with Gasteiger partial charge in [0.1, 0.15) is 0 Å². The predicted octanol–water partition coefficient (Wildman–Crippen LogP) is 4.66. The summed E-state index contributed by atoms with van der Waals surface area (Å²) in [6, 6.07) is 11.8. The molecule has 2 aromatic rings. The van der Waals surface area contributed by atoms with Crippen molar-refractivity contribution in [3.05, 3.63) is 57.6 Å². The maximum atomic E-state index is 12.6. The van der Waals surface area contributed by atoms with E-state index in [0.717, 1.165) is 52.9 Å². The Hall–Kier alpha value is -2.18. The second kappa shape index (κ2) is 9.55. The number of hydrogen-bond acceptors (Lipinski definition) is 3. The molecule has 154 valence electrons. The molecule has 1 saturated heterocycles. The van der Waals surface area contributed by atoms with Crippen LogP contribution in [0.3, 0.4) is 0 Å². The van der Waals surface area contributed by atoms with Gasteiger partial charge in [0.15, 0.2) is 0 Å². The third-order valence-electron chi connectivity index (χ3n) is 5.54. The van der Waals surface area contributed by atoms with E-state index in [9.17, 15) is 9.59 Å². The van der Waals surface area contributed by atoms with Crippen molar-refractivity contribution < 1.29 is 9.59 Å². The summed E-state index contributed by atoms with van der Waals surface area (Å²) in [5.41, 5.74) is 5.12. The highest BCUT2D eigenvalue weighted by atomic mass is 79.9. The third kappa shape index (κ3) is 5.90. The number of carbonyl (C=O) groups excluding carboxylic acids is 2. The molecular weight excluding hydrogens is 430 g/mol.